The molecule has 0 saturated carbocycles. The first-order valence-corrected chi connectivity index (χ1v) is 5.97. The molecule has 100 valence electrons. The third-order valence-electron chi connectivity index (χ3n) is 2.48. The summed E-state index contributed by atoms with van der Waals surface area (Å²) in [5.74, 6) is 0.384. The second-order valence-corrected chi connectivity index (χ2v) is 4.12. The molecule has 7 heteroatoms. The molecule has 2 aromatic rings. The molecule has 0 unspecified atom stereocenters. The maximum atomic E-state index is 8.75. The summed E-state index contributed by atoms with van der Waals surface area (Å²) in [6.07, 6.45) is 3.53. The molecule has 0 aliphatic carbocycles. The number of nitrogens with two attached hydrogens (primary N) is 1. The number of benzene rings is 1. The molecule has 2 rings (SSSR count). The predicted molar refractivity (Wildman–Crippen MR) is 71.7 cm³/mol. The molecule has 0 radical (unpaired) electrons. The van der Waals surface area contributed by atoms with Gasteiger partial charge in [-0.15, -0.1) is 0 Å². The lowest BCUT2D eigenvalue weighted by atomic mass is 10.2. The smallest absolute Gasteiger partial charge is 0.175 e. The number of hydrogen-bond acceptors (Lipinski definition) is 4. The van der Waals surface area contributed by atoms with Gasteiger partial charge in [-0.2, -0.15) is 5.10 Å². The quantitative estimate of drug-likeness (QED) is 0.378. The summed E-state index contributed by atoms with van der Waals surface area (Å²) in [7, 11) is 0. The molecule has 3 N–H and O–H groups in total. The van der Waals surface area contributed by atoms with Crippen molar-refractivity contribution in [3.05, 3.63) is 47.2 Å². The normalized spacial score (nSPS) is 11.5. The number of rotatable bonds is 5. The largest absolute Gasteiger partial charge is 0.491 e. The van der Waals surface area contributed by atoms with E-state index in [0.717, 1.165) is 0 Å². The van der Waals surface area contributed by atoms with Crippen molar-refractivity contribution >= 4 is 17.4 Å². The van der Waals surface area contributed by atoms with Crippen molar-refractivity contribution in [1.82, 2.24) is 9.78 Å². The molecule has 1 aromatic heterocycles. The van der Waals surface area contributed by atoms with Gasteiger partial charge in [0.05, 0.1) is 17.1 Å². The highest BCUT2D eigenvalue weighted by molar-refractivity contribution is 6.34. The van der Waals surface area contributed by atoms with E-state index in [0.29, 0.717) is 29.5 Å². The van der Waals surface area contributed by atoms with E-state index in [4.69, 9.17) is 27.3 Å². The van der Waals surface area contributed by atoms with Crippen molar-refractivity contribution in [2.24, 2.45) is 10.9 Å². The Morgan fingerprint density at radius 3 is 3.00 bits per heavy atom. The van der Waals surface area contributed by atoms with Crippen LogP contribution in [0.2, 0.25) is 5.02 Å². The van der Waals surface area contributed by atoms with Gasteiger partial charge >= 0.3 is 0 Å². The standard InChI is InChI=1S/C12H13ClN4O2/c13-9-3-1-4-10(11(9)12(14)16-18)19-8-7-17-6-2-5-15-17/h1-6,18H,7-8H2,(H2,14,16). The fraction of sp³-hybridized carbons (Fsp3) is 0.167. The van der Waals surface area contributed by atoms with Crippen LogP contribution in [0.1, 0.15) is 5.56 Å². The van der Waals surface area contributed by atoms with Crippen LogP contribution >= 0.6 is 11.6 Å². The lowest BCUT2D eigenvalue weighted by Gasteiger charge is -2.11. The molecule has 0 aliphatic heterocycles. The van der Waals surface area contributed by atoms with Gasteiger partial charge in [0.15, 0.2) is 5.84 Å². The van der Waals surface area contributed by atoms with Crippen LogP contribution in [0.25, 0.3) is 0 Å². The Hall–Kier alpha value is -2.21. The zero-order chi connectivity index (χ0) is 13.7. The van der Waals surface area contributed by atoms with Crippen LogP contribution < -0.4 is 10.5 Å². The first kappa shape index (κ1) is 13.2. The molecule has 0 spiro atoms. The molecule has 1 heterocycles. The minimum Gasteiger partial charge on any atom is -0.491 e. The fourth-order valence-electron chi connectivity index (χ4n) is 1.61. The molecule has 0 saturated heterocycles. The Morgan fingerprint density at radius 2 is 2.32 bits per heavy atom. The van der Waals surface area contributed by atoms with E-state index in [-0.39, 0.29) is 5.84 Å². The summed E-state index contributed by atoms with van der Waals surface area (Å²) in [6, 6.07) is 6.93. The minimum atomic E-state index is -0.0836. The molecule has 6 nitrogen and oxygen atoms in total. The Morgan fingerprint density at radius 1 is 1.47 bits per heavy atom. The van der Waals surface area contributed by atoms with Crippen molar-refractivity contribution in [1.29, 1.82) is 0 Å². The highest BCUT2D eigenvalue weighted by atomic mass is 35.5. The lowest BCUT2D eigenvalue weighted by Crippen LogP contribution is -2.17. The van der Waals surface area contributed by atoms with E-state index in [1.807, 2.05) is 12.3 Å². The van der Waals surface area contributed by atoms with Crippen LogP contribution in [-0.4, -0.2) is 27.4 Å². The Balaban J connectivity index is 2.09. The van der Waals surface area contributed by atoms with E-state index >= 15 is 0 Å². The SMILES string of the molecule is N/C(=N/O)c1c(Cl)cccc1OCCn1cccn1. The zero-order valence-corrected chi connectivity index (χ0v) is 10.8. The molecular weight excluding hydrogens is 268 g/mol. The molecule has 0 atom stereocenters. The maximum Gasteiger partial charge on any atom is 0.175 e. The van der Waals surface area contributed by atoms with Gasteiger partial charge in [0.25, 0.3) is 0 Å². The number of amidine groups is 1. The van der Waals surface area contributed by atoms with Gasteiger partial charge in [-0.1, -0.05) is 22.8 Å². The zero-order valence-electron chi connectivity index (χ0n) is 10.0. The summed E-state index contributed by atoms with van der Waals surface area (Å²) in [4.78, 5) is 0. The topological polar surface area (TPSA) is 85.7 Å². The van der Waals surface area contributed by atoms with Crippen LogP contribution in [0, 0.1) is 0 Å². The van der Waals surface area contributed by atoms with Crippen molar-refractivity contribution in [2.45, 2.75) is 6.54 Å². The Bertz CT molecular complexity index is 569. The Labute approximate surface area is 115 Å². The Kier molecular flexibility index (Phi) is 4.25. The average molecular weight is 281 g/mol. The number of ether oxygens (including phenoxy) is 1. The van der Waals surface area contributed by atoms with E-state index in [1.165, 1.54) is 0 Å². The van der Waals surface area contributed by atoms with Crippen LogP contribution in [0.4, 0.5) is 0 Å². The van der Waals surface area contributed by atoms with Gasteiger partial charge in [0.1, 0.15) is 12.4 Å². The van der Waals surface area contributed by atoms with Gasteiger partial charge in [-0.3, -0.25) is 4.68 Å². The third-order valence-corrected chi connectivity index (χ3v) is 2.79. The summed E-state index contributed by atoms with van der Waals surface area (Å²) >= 11 is 6.01. The van der Waals surface area contributed by atoms with E-state index < -0.39 is 0 Å². The first-order chi connectivity index (χ1) is 9.22. The van der Waals surface area contributed by atoms with Crippen molar-refractivity contribution in [2.75, 3.05) is 6.61 Å². The average Bonchev–Trinajstić information content (AvgIpc) is 2.91. The fourth-order valence-corrected chi connectivity index (χ4v) is 1.87. The van der Waals surface area contributed by atoms with E-state index in [2.05, 4.69) is 10.3 Å². The number of nitrogens with zero attached hydrogens (tertiary/aromatic N) is 3. The summed E-state index contributed by atoms with van der Waals surface area (Å²) < 4.78 is 7.34. The molecule has 19 heavy (non-hydrogen) atoms. The number of halogens is 1. The van der Waals surface area contributed by atoms with Crippen molar-refractivity contribution < 1.29 is 9.94 Å². The van der Waals surface area contributed by atoms with Crippen molar-refractivity contribution in [3.8, 4) is 5.75 Å². The van der Waals surface area contributed by atoms with Gasteiger partial charge in [0, 0.05) is 12.4 Å². The monoisotopic (exact) mass is 280 g/mol. The van der Waals surface area contributed by atoms with Crippen LogP contribution in [-0.2, 0) is 6.54 Å². The van der Waals surface area contributed by atoms with Crippen LogP contribution in [0.5, 0.6) is 5.75 Å². The van der Waals surface area contributed by atoms with Crippen LogP contribution in [0.15, 0.2) is 41.8 Å². The second kappa shape index (κ2) is 6.10. The highest BCUT2D eigenvalue weighted by Gasteiger charge is 2.12. The maximum absolute atomic E-state index is 8.75. The molecule has 0 amide bonds. The third kappa shape index (κ3) is 3.17. The van der Waals surface area contributed by atoms with E-state index in [9.17, 15) is 0 Å². The first-order valence-electron chi connectivity index (χ1n) is 5.59. The summed E-state index contributed by atoms with van der Waals surface area (Å²) in [5.41, 5.74) is 5.96. The highest BCUT2D eigenvalue weighted by Crippen LogP contribution is 2.26. The predicted octanol–water partition coefficient (Wildman–Crippen LogP) is 1.71. The lowest BCUT2D eigenvalue weighted by molar-refractivity contribution is 0.290. The van der Waals surface area contributed by atoms with E-state index in [1.54, 1.807) is 29.1 Å². The molecule has 0 fully saturated rings. The second-order valence-electron chi connectivity index (χ2n) is 3.72. The van der Waals surface area contributed by atoms with Gasteiger partial charge in [-0.05, 0) is 18.2 Å². The number of hydrogen-bond donors (Lipinski definition) is 2. The minimum absolute atomic E-state index is 0.0836. The summed E-state index contributed by atoms with van der Waals surface area (Å²) in [5, 5.41) is 16.1. The van der Waals surface area contributed by atoms with Gasteiger partial charge < -0.3 is 15.7 Å². The molecule has 1 aromatic carbocycles. The number of aromatic nitrogens is 2. The van der Waals surface area contributed by atoms with Crippen LogP contribution in [0.3, 0.4) is 0 Å². The molecule has 0 aliphatic rings. The van der Waals surface area contributed by atoms with Gasteiger partial charge in [0.2, 0.25) is 0 Å². The number of oxime groups is 1. The molecular formula is C12H13ClN4O2. The summed E-state index contributed by atoms with van der Waals surface area (Å²) in [6.45, 7) is 0.989. The molecule has 0 bridgehead atoms. The van der Waals surface area contributed by atoms with Crippen molar-refractivity contribution in [3.63, 3.8) is 0 Å². The van der Waals surface area contributed by atoms with Gasteiger partial charge in [-0.25, -0.2) is 0 Å².